The van der Waals surface area contributed by atoms with E-state index in [1.165, 1.54) is 11.4 Å². The summed E-state index contributed by atoms with van der Waals surface area (Å²) >= 11 is 0. The molecule has 8 heteroatoms. The van der Waals surface area contributed by atoms with Crippen LogP contribution in [0.5, 0.6) is 0 Å². The van der Waals surface area contributed by atoms with Crippen LogP contribution >= 0.6 is 0 Å². The second-order valence-electron chi connectivity index (χ2n) is 4.41. The highest BCUT2D eigenvalue weighted by Crippen LogP contribution is 2.19. The molecule has 0 radical (unpaired) electrons. The van der Waals surface area contributed by atoms with E-state index in [0.717, 1.165) is 0 Å². The lowest BCUT2D eigenvalue weighted by atomic mass is 9.99. The third kappa shape index (κ3) is 4.20. The first kappa shape index (κ1) is 15.4. The lowest BCUT2D eigenvalue weighted by molar-refractivity contribution is -0.142. The molecule has 0 saturated carbocycles. The molecule has 0 bridgehead atoms. The molecular weight excluding hydrogens is 260 g/mol. The summed E-state index contributed by atoms with van der Waals surface area (Å²) in [6.45, 7) is 2.46. The molecule has 0 spiro atoms. The number of aliphatic carboxylic acids is 1. The average molecular weight is 280 g/mol. The van der Waals surface area contributed by atoms with Crippen molar-refractivity contribution in [3.63, 3.8) is 0 Å². The zero-order valence-corrected chi connectivity index (χ0v) is 11.4. The smallest absolute Gasteiger partial charge is 0.306 e. The van der Waals surface area contributed by atoms with Gasteiger partial charge in [0.25, 0.3) is 10.2 Å². The number of nitrogens with one attached hydrogen (secondary N) is 1. The van der Waals surface area contributed by atoms with Gasteiger partial charge in [0.2, 0.25) is 0 Å². The fourth-order valence-corrected chi connectivity index (χ4v) is 3.06. The average Bonchev–Trinajstić information content (AvgIpc) is 2.36. The van der Waals surface area contributed by atoms with Crippen LogP contribution in [0.2, 0.25) is 0 Å². The number of hydrogen-bond acceptors (Lipinski definition) is 4. The summed E-state index contributed by atoms with van der Waals surface area (Å²) in [5.41, 5.74) is 0. The Morgan fingerprint density at radius 1 is 1.50 bits per heavy atom. The van der Waals surface area contributed by atoms with Gasteiger partial charge in [0.05, 0.1) is 12.0 Å². The summed E-state index contributed by atoms with van der Waals surface area (Å²) in [5.74, 6) is -1.29. The number of ether oxygens (including phenoxy) is 1. The zero-order valence-electron chi connectivity index (χ0n) is 10.6. The highest BCUT2D eigenvalue weighted by Gasteiger charge is 2.30. The van der Waals surface area contributed by atoms with Crippen molar-refractivity contribution in [3.8, 4) is 0 Å². The van der Waals surface area contributed by atoms with E-state index in [9.17, 15) is 13.2 Å². The van der Waals surface area contributed by atoms with E-state index < -0.39 is 22.1 Å². The van der Waals surface area contributed by atoms with Gasteiger partial charge >= 0.3 is 5.97 Å². The molecule has 1 unspecified atom stereocenters. The SMILES string of the molecule is COC(C)CNS(=O)(=O)N1CCC(C(=O)O)CC1. The van der Waals surface area contributed by atoms with Gasteiger partial charge in [-0.2, -0.15) is 17.4 Å². The van der Waals surface area contributed by atoms with Crippen LogP contribution in [0.25, 0.3) is 0 Å². The minimum Gasteiger partial charge on any atom is -0.481 e. The van der Waals surface area contributed by atoms with Crippen LogP contribution in [0.4, 0.5) is 0 Å². The molecule has 18 heavy (non-hydrogen) atoms. The Hall–Kier alpha value is -0.700. The predicted octanol–water partition coefficient (Wildman–Crippen LogP) is -0.348. The number of carboxylic acids is 1. The molecule has 106 valence electrons. The van der Waals surface area contributed by atoms with Crippen LogP contribution < -0.4 is 4.72 Å². The second-order valence-corrected chi connectivity index (χ2v) is 6.17. The van der Waals surface area contributed by atoms with Crippen molar-refractivity contribution in [1.29, 1.82) is 0 Å². The number of carboxylic acid groups (broad SMARTS) is 1. The van der Waals surface area contributed by atoms with Crippen LogP contribution in [0.15, 0.2) is 0 Å². The summed E-state index contributed by atoms with van der Waals surface area (Å²) in [4.78, 5) is 10.8. The Morgan fingerprint density at radius 3 is 2.50 bits per heavy atom. The molecule has 0 aromatic carbocycles. The standard InChI is InChI=1S/C10H20N2O5S/c1-8(17-2)7-11-18(15,16)12-5-3-9(4-6-12)10(13)14/h8-9,11H,3-7H2,1-2H3,(H,13,14). The largest absolute Gasteiger partial charge is 0.481 e. The molecule has 1 heterocycles. The van der Waals surface area contributed by atoms with E-state index in [0.29, 0.717) is 12.8 Å². The fourth-order valence-electron chi connectivity index (χ4n) is 1.74. The molecule has 0 aromatic heterocycles. The maximum atomic E-state index is 11.9. The predicted molar refractivity (Wildman–Crippen MR) is 65.3 cm³/mol. The molecule has 1 aliphatic rings. The van der Waals surface area contributed by atoms with Crippen molar-refractivity contribution >= 4 is 16.2 Å². The van der Waals surface area contributed by atoms with Crippen LogP contribution in [-0.2, 0) is 19.7 Å². The monoisotopic (exact) mass is 280 g/mol. The third-order valence-corrected chi connectivity index (χ3v) is 4.68. The quantitative estimate of drug-likeness (QED) is 0.693. The molecule has 1 fully saturated rings. The molecule has 0 aromatic rings. The van der Waals surface area contributed by atoms with E-state index in [4.69, 9.17) is 9.84 Å². The molecular formula is C10H20N2O5S. The molecule has 1 aliphatic heterocycles. The van der Waals surface area contributed by atoms with Crippen LogP contribution in [0.3, 0.4) is 0 Å². The van der Waals surface area contributed by atoms with E-state index >= 15 is 0 Å². The number of nitrogens with zero attached hydrogens (tertiary/aromatic N) is 1. The van der Waals surface area contributed by atoms with Gasteiger partial charge in [0.1, 0.15) is 0 Å². The molecule has 2 N–H and O–H groups in total. The Bertz CT molecular complexity index is 376. The number of rotatable bonds is 6. The summed E-state index contributed by atoms with van der Waals surface area (Å²) in [6, 6.07) is 0. The number of carbonyl (C=O) groups is 1. The van der Waals surface area contributed by atoms with E-state index in [2.05, 4.69) is 4.72 Å². The number of methoxy groups -OCH3 is 1. The lowest BCUT2D eigenvalue weighted by Gasteiger charge is -2.29. The van der Waals surface area contributed by atoms with Crippen LogP contribution in [-0.4, -0.2) is 56.6 Å². The summed E-state index contributed by atoms with van der Waals surface area (Å²) in [7, 11) is -2.02. The molecule has 1 rings (SSSR count). The van der Waals surface area contributed by atoms with E-state index in [1.54, 1.807) is 6.92 Å². The summed E-state index contributed by atoms with van der Waals surface area (Å²) in [6.07, 6.45) is 0.517. The minimum atomic E-state index is -3.53. The maximum Gasteiger partial charge on any atom is 0.306 e. The van der Waals surface area contributed by atoms with Gasteiger partial charge in [-0.1, -0.05) is 0 Å². The van der Waals surface area contributed by atoms with Crippen molar-refractivity contribution in [2.45, 2.75) is 25.9 Å². The van der Waals surface area contributed by atoms with E-state index in [1.807, 2.05) is 0 Å². The summed E-state index contributed by atoms with van der Waals surface area (Å²) in [5, 5.41) is 8.84. The van der Waals surface area contributed by atoms with Crippen molar-refractivity contribution in [2.75, 3.05) is 26.7 Å². The minimum absolute atomic E-state index is 0.198. The van der Waals surface area contributed by atoms with Crippen LogP contribution in [0, 0.1) is 5.92 Å². The van der Waals surface area contributed by atoms with Crippen LogP contribution in [0.1, 0.15) is 19.8 Å². The lowest BCUT2D eigenvalue weighted by Crippen LogP contribution is -2.47. The van der Waals surface area contributed by atoms with Crippen molar-refractivity contribution in [3.05, 3.63) is 0 Å². The van der Waals surface area contributed by atoms with Crippen molar-refractivity contribution < 1.29 is 23.1 Å². The van der Waals surface area contributed by atoms with Gasteiger partial charge in [-0.15, -0.1) is 0 Å². The molecule has 1 saturated heterocycles. The first-order chi connectivity index (χ1) is 8.36. The Kier molecular flexibility index (Phi) is 5.51. The maximum absolute atomic E-state index is 11.9. The Morgan fingerprint density at radius 2 is 2.06 bits per heavy atom. The van der Waals surface area contributed by atoms with Crippen molar-refractivity contribution in [2.24, 2.45) is 5.92 Å². The van der Waals surface area contributed by atoms with E-state index in [-0.39, 0.29) is 25.7 Å². The third-order valence-electron chi connectivity index (χ3n) is 3.10. The van der Waals surface area contributed by atoms with Crippen molar-refractivity contribution in [1.82, 2.24) is 9.03 Å². The first-order valence-electron chi connectivity index (χ1n) is 5.87. The second kappa shape index (κ2) is 6.46. The normalized spacial score (nSPS) is 20.8. The van der Waals surface area contributed by atoms with Gasteiger partial charge in [0, 0.05) is 26.7 Å². The first-order valence-corrected chi connectivity index (χ1v) is 7.31. The molecule has 0 amide bonds. The van der Waals surface area contributed by atoms with Gasteiger partial charge < -0.3 is 9.84 Å². The topological polar surface area (TPSA) is 95.9 Å². The fraction of sp³-hybridized carbons (Fsp3) is 0.900. The summed E-state index contributed by atoms with van der Waals surface area (Å²) < 4.78 is 32.5. The number of hydrogen-bond donors (Lipinski definition) is 2. The molecule has 0 aliphatic carbocycles. The highest BCUT2D eigenvalue weighted by molar-refractivity contribution is 7.87. The van der Waals surface area contributed by atoms with Gasteiger partial charge in [-0.25, -0.2) is 0 Å². The molecule has 7 nitrogen and oxygen atoms in total. The molecule has 1 atom stereocenters. The Balaban J connectivity index is 2.48. The Labute approximate surface area is 107 Å². The van der Waals surface area contributed by atoms with Gasteiger partial charge in [-0.05, 0) is 19.8 Å². The van der Waals surface area contributed by atoms with Gasteiger partial charge in [-0.3, -0.25) is 4.79 Å². The van der Waals surface area contributed by atoms with Gasteiger partial charge in [0.15, 0.2) is 0 Å². The number of piperidine rings is 1. The zero-order chi connectivity index (χ0) is 13.8. The highest BCUT2D eigenvalue weighted by atomic mass is 32.2.